The lowest BCUT2D eigenvalue weighted by Crippen LogP contribution is -2.41. The van der Waals surface area contributed by atoms with Gasteiger partial charge in [0, 0.05) is 35.5 Å². The summed E-state index contributed by atoms with van der Waals surface area (Å²) in [4.78, 5) is 17.6. The highest BCUT2D eigenvalue weighted by Gasteiger charge is 2.32. The van der Waals surface area contributed by atoms with Crippen molar-refractivity contribution in [3.8, 4) is 0 Å². The maximum absolute atomic E-state index is 12.6. The molecule has 0 radical (unpaired) electrons. The number of hydrogen-bond donors (Lipinski definition) is 2. The predicted octanol–water partition coefficient (Wildman–Crippen LogP) is 3.49. The van der Waals surface area contributed by atoms with E-state index in [4.69, 9.17) is 17.0 Å². The number of carbonyl (C=O) groups excluding carboxylic acids is 1. The lowest BCUT2D eigenvalue weighted by Gasteiger charge is -2.26. The number of nitrogens with one attached hydrogen (secondary N) is 2. The SMILES string of the molecule is CCN(C(=O)C(C)S(=O)CCC(F)(F)F)/C(=C/Nc1cccnc1)C(=N)Cl. The smallest absolute Gasteiger partial charge is 0.358 e. The molecule has 6 nitrogen and oxygen atoms in total. The van der Waals surface area contributed by atoms with Crippen molar-refractivity contribution in [1.82, 2.24) is 9.88 Å². The number of nitrogens with zero attached hydrogens (tertiary/aromatic N) is 2. The highest BCUT2D eigenvalue weighted by Crippen LogP contribution is 2.21. The van der Waals surface area contributed by atoms with E-state index in [1.807, 2.05) is 0 Å². The predicted molar refractivity (Wildman–Crippen MR) is 100 cm³/mol. The van der Waals surface area contributed by atoms with Crippen LogP contribution in [0.15, 0.2) is 36.4 Å². The Morgan fingerprint density at radius 3 is 2.67 bits per heavy atom. The van der Waals surface area contributed by atoms with Crippen LogP contribution in [0.1, 0.15) is 20.3 Å². The zero-order valence-corrected chi connectivity index (χ0v) is 16.3. The maximum atomic E-state index is 12.6. The van der Waals surface area contributed by atoms with Crippen molar-refractivity contribution in [2.24, 2.45) is 0 Å². The van der Waals surface area contributed by atoms with Crippen molar-refractivity contribution in [3.63, 3.8) is 0 Å². The number of pyridine rings is 1. The first-order chi connectivity index (χ1) is 12.6. The van der Waals surface area contributed by atoms with Gasteiger partial charge in [-0.1, -0.05) is 11.6 Å². The maximum Gasteiger partial charge on any atom is 0.390 e. The summed E-state index contributed by atoms with van der Waals surface area (Å²) in [5, 5.41) is 8.89. The number of anilines is 1. The van der Waals surface area contributed by atoms with Crippen molar-refractivity contribution in [1.29, 1.82) is 5.41 Å². The van der Waals surface area contributed by atoms with E-state index in [9.17, 15) is 22.2 Å². The molecule has 0 aliphatic heterocycles. The zero-order valence-electron chi connectivity index (χ0n) is 14.7. The van der Waals surface area contributed by atoms with Gasteiger partial charge < -0.3 is 10.2 Å². The zero-order chi connectivity index (χ0) is 20.6. The summed E-state index contributed by atoms with van der Waals surface area (Å²) in [6.07, 6.45) is -1.28. The van der Waals surface area contributed by atoms with Gasteiger partial charge in [-0.3, -0.25) is 19.4 Å². The van der Waals surface area contributed by atoms with Gasteiger partial charge in [-0.25, -0.2) is 0 Å². The molecule has 1 rings (SSSR count). The van der Waals surface area contributed by atoms with Crippen LogP contribution in [0.25, 0.3) is 0 Å². The van der Waals surface area contributed by atoms with E-state index >= 15 is 0 Å². The fourth-order valence-electron chi connectivity index (χ4n) is 2.03. The number of carbonyl (C=O) groups is 1. The van der Waals surface area contributed by atoms with E-state index in [-0.39, 0.29) is 12.2 Å². The van der Waals surface area contributed by atoms with Crippen molar-refractivity contribution in [2.75, 3.05) is 17.6 Å². The van der Waals surface area contributed by atoms with Crippen LogP contribution < -0.4 is 5.32 Å². The second kappa shape index (κ2) is 10.4. The van der Waals surface area contributed by atoms with Crippen LogP contribution in [-0.2, 0) is 15.6 Å². The molecule has 150 valence electrons. The third-order valence-electron chi connectivity index (χ3n) is 3.46. The Kier molecular flexibility index (Phi) is 8.91. The largest absolute Gasteiger partial charge is 0.390 e. The molecule has 0 spiro atoms. The molecule has 0 saturated heterocycles. The van der Waals surface area contributed by atoms with Gasteiger partial charge in [-0.05, 0) is 26.0 Å². The third-order valence-corrected chi connectivity index (χ3v) is 5.25. The lowest BCUT2D eigenvalue weighted by atomic mass is 10.3. The van der Waals surface area contributed by atoms with Crippen LogP contribution in [-0.4, -0.2) is 48.9 Å². The molecule has 0 saturated carbocycles. The number of allylic oxidation sites excluding steroid dienone is 1. The Hall–Kier alpha value is -1.94. The molecular weight excluding hydrogens is 405 g/mol. The molecule has 2 atom stereocenters. The molecule has 11 heteroatoms. The molecule has 1 heterocycles. The minimum atomic E-state index is -4.44. The topological polar surface area (TPSA) is 86.2 Å². The van der Waals surface area contributed by atoms with Gasteiger partial charge in [0.15, 0.2) is 0 Å². The van der Waals surface area contributed by atoms with Crippen LogP contribution in [0.4, 0.5) is 18.9 Å². The fraction of sp³-hybridized carbons (Fsp3) is 0.438. The van der Waals surface area contributed by atoms with E-state index in [0.29, 0.717) is 5.69 Å². The first kappa shape index (κ1) is 23.1. The van der Waals surface area contributed by atoms with Gasteiger partial charge >= 0.3 is 6.18 Å². The molecule has 0 aromatic carbocycles. The second-order valence-corrected chi connectivity index (χ2v) is 7.66. The van der Waals surface area contributed by atoms with Gasteiger partial charge in [-0.15, -0.1) is 0 Å². The number of aromatic nitrogens is 1. The average Bonchev–Trinajstić information content (AvgIpc) is 2.61. The highest BCUT2D eigenvalue weighted by atomic mass is 35.5. The highest BCUT2D eigenvalue weighted by molar-refractivity contribution is 7.86. The molecule has 2 N–H and O–H groups in total. The molecule has 27 heavy (non-hydrogen) atoms. The van der Waals surface area contributed by atoms with E-state index in [1.54, 1.807) is 25.3 Å². The monoisotopic (exact) mass is 424 g/mol. The number of hydrogen-bond acceptors (Lipinski definition) is 5. The number of alkyl halides is 3. The summed E-state index contributed by atoms with van der Waals surface area (Å²) in [5.74, 6) is -1.35. The molecule has 0 aliphatic carbocycles. The summed E-state index contributed by atoms with van der Waals surface area (Å²) >= 11 is 5.77. The number of halogens is 4. The van der Waals surface area contributed by atoms with Crippen molar-refractivity contribution in [3.05, 3.63) is 36.4 Å². The van der Waals surface area contributed by atoms with E-state index in [1.165, 1.54) is 19.3 Å². The quantitative estimate of drug-likeness (QED) is 0.594. The summed E-state index contributed by atoms with van der Waals surface area (Å²) in [6.45, 7) is 3.00. The lowest BCUT2D eigenvalue weighted by molar-refractivity contribution is -0.130. The Balaban J connectivity index is 2.94. The first-order valence-electron chi connectivity index (χ1n) is 7.93. The van der Waals surface area contributed by atoms with E-state index in [0.717, 1.165) is 4.90 Å². The molecule has 2 unspecified atom stereocenters. The molecule has 0 fully saturated rings. The van der Waals surface area contributed by atoms with Gasteiger partial charge in [0.05, 0.1) is 24.0 Å². The molecule has 0 bridgehead atoms. The first-order valence-corrected chi connectivity index (χ1v) is 9.69. The van der Waals surface area contributed by atoms with Crippen LogP contribution in [0.5, 0.6) is 0 Å². The molecule has 1 aromatic rings. The van der Waals surface area contributed by atoms with Gasteiger partial charge in [0.25, 0.3) is 0 Å². The Labute approximate surface area is 162 Å². The summed E-state index contributed by atoms with van der Waals surface area (Å²) in [6, 6.07) is 3.38. The average molecular weight is 425 g/mol. The van der Waals surface area contributed by atoms with Gasteiger partial charge in [0.1, 0.15) is 10.4 Å². The van der Waals surface area contributed by atoms with Gasteiger partial charge in [0.2, 0.25) is 5.91 Å². The summed E-state index contributed by atoms with van der Waals surface area (Å²) in [7, 11) is -2.02. The van der Waals surface area contributed by atoms with Crippen LogP contribution >= 0.6 is 11.6 Å². The van der Waals surface area contributed by atoms with Crippen LogP contribution in [0, 0.1) is 5.41 Å². The summed E-state index contributed by atoms with van der Waals surface area (Å²) in [5.41, 5.74) is 0.589. The minimum Gasteiger partial charge on any atom is -0.358 e. The Bertz CT molecular complexity index is 713. The standard InChI is InChI=1S/C16H20ClF3N4O2S/c1-3-24(15(25)11(2)27(26)8-6-16(18,19)20)13(14(17)21)10-23-12-5-4-7-22-9-12/h4-5,7,9-11,21,23H,3,6,8H2,1-2H3/b13-10+,21-14?. The minimum absolute atomic E-state index is 0.00712. The number of amides is 1. The molecule has 1 aromatic heterocycles. The summed E-state index contributed by atoms with van der Waals surface area (Å²) < 4.78 is 49.0. The van der Waals surface area contributed by atoms with E-state index in [2.05, 4.69) is 10.3 Å². The van der Waals surface area contributed by atoms with Crippen molar-refractivity contribution < 1.29 is 22.2 Å². The second-order valence-electron chi connectivity index (χ2n) is 5.40. The number of rotatable bonds is 9. The third kappa shape index (κ3) is 7.67. The fourth-order valence-corrected chi connectivity index (χ4v) is 3.32. The van der Waals surface area contributed by atoms with E-state index < -0.39 is 45.5 Å². The van der Waals surface area contributed by atoms with Crippen molar-refractivity contribution in [2.45, 2.75) is 31.7 Å². The van der Waals surface area contributed by atoms with Crippen LogP contribution in [0.2, 0.25) is 0 Å². The molecular formula is C16H20ClF3N4O2S. The Morgan fingerprint density at radius 2 is 2.19 bits per heavy atom. The Morgan fingerprint density at radius 1 is 1.52 bits per heavy atom. The normalized spacial score (nSPS) is 14.4. The van der Waals surface area contributed by atoms with Crippen molar-refractivity contribution >= 4 is 39.2 Å². The molecule has 1 amide bonds. The molecule has 0 aliphatic rings. The van der Waals surface area contributed by atoms with Gasteiger partial charge in [-0.2, -0.15) is 13.2 Å². The van der Waals surface area contributed by atoms with Crippen LogP contribution in [0.3, 0.4) is 0 Å².